The molecule has 0 saturated heterocycles. The molecule has 0 radical (unpaired) electrons. The predicted octanol–water partition coefficient (Wildman–Crippen LogP) is 1.71. The highest BCUT2D eigenvalue weighted by Gasteiger charge is 2.26. The quantitative estimate of drug-likeness (QED) is 0.702. The number of hydrogen-bond donors (Lipinski definition) is 3. The molecular weight excluding hydrogens is 364 g/mol. The fourth-order valence-electron chi connectivity index (χ4n) is 2.42. The normalized spacial score (nSPS) is 14.0. The van der Waals surface area contributed by atoms with E-state index in [4.69, 9.17) is 11.6 Å². The molecule has 0 aliphatic carbocycles. The first-order valence-corrected chi connectivity index (χ1v) is 9.20. The Bertz CT molecular complexity index is 822. The first-order chi connectivity index (χ1) is 12.0. The molecule has 2 heterocycles. The smallest absolute Gasteiger partial charge is 0.314 e. The van der Waals surface area contributed by atoms with Crippen LogP contribution >= 0.6 is 23.4 Å². The van der Waals surface area contributed by atoms with Crippen LogP contribution in [0.15, 0.2) is 24.3 Å². The Morgan fingerprint density at radius 2 is 2.20 bits per heavy atom. The molecule has 1 aromatic carbocycles. The number of aliphatic hydroxyl groups excluding tert-OH is 1. The highest BCUT2D eigenvalue weighted by Crippen LogP contribution is 2.36. The molecule has 1 aliphatic rings. The lowest BCUT2D eigenvalue weighted by Gasteiger charge is -2.12. The topological polar surface area (TPSA) is 96.2 Å². The lowest BCUT2D eigenvalue weighted by Crippen LogP contribution is -2.39. The molecule has 0 spiro atoms. The van der Waals surface area contributed by atoms with E-state index in [2.05, 4.69) is 15.7 Å². The highest BCUT2D eigenvalue weighted by atomic mass is 35.5. The van der Waals surface area contributed by atoms with Crippen molar-refractivity contribution in [3.05, 3.63) is 40.5 Å². The van der Waals surface area contributed by atoms with Gasteiger partial charge >= 0.3 is 11.8 Å². The van der Waals surface area contributed by atoms with Crippen LogP contribution in [0.2, 0.25) is 5.02 Å². The zero-order valence-electron chi connectivity index (χ0n) is 13.5. The van der Waals surface area contributed by atoms with Gasteiger partial charge in [0.05, 0.1) is 17.5 Å². The van der Waals surface area contributed by atoms with Gasteiger partial charge in [-0.05, 0) is 25.1 Å². The number of rotatable bonds is 4. The van der Waals surface area contributed by atoms with Gasteiger partial charge in [0.1, 0.15) is 5.82 Å². The molecule has 25 heavy (non-hydrogen) atoms. The van der Waals surface area contributed by atoms with Gasteiger partial charge in [0.2, 0.25) is 0 Å². The maximum Gasteiger partial charge on any atom is 0.314 e. The first kappa shape index (κ1) is 17.8. The average molecular weight is 381 g/mol. The summed E-state index contributed by atoms with van der Waals surface area (Å²) in [6.45, 7) is 1.53. The number of thioether (sulfide) groups is 1. The summed E-state index contributed by atoms with van der Waals surface area (Å²) in [5.74, 6) is 0.322. The Balaban J connectivity index is 1.88. The van der Waals surface area contributed by atoms with Crippen LogP contribution in [0.25, 0.3) is 5.69 Å². The summed E-state index contributed by atoms with van der Waals surface area (Å²) < 4.78 is 1.59. The van der Waals surface area contributed by atoms with E-state index in [1.807, 2.05) is 6.07 Å². The fourth-order valence-corrected chi connectivity index (χ4v) is 3.64. The Hall–Kier alpha value is -2.03. The number of halogens is 1. The number of aromatic nitrogens is 2. The summed E-state index contributed by atoms with van der Waals surface area (Å²) in [5, 5.41) is 19.3. The van der Waals surface area contributed by atoms with Crippen molar-refractivity contribution < 1.29 is 14.7 Å². The van der Waals surface area contributed by atoms with Gasteiger partial charge in [-0.25, -0.2) is 4.68 Å². The van der Waals surface area contributed by atoms with E-state index < -0.39 is 17.9 Å². The second-order valence-corrected chi connectivity index (χ2v) is 7.09. The molecule has 132 valence electrons. The Morgan fingerprint density at radius 1 is 1.40 bits per heavy atom. The third-order valence-electron chi connectivity index (χ3n) is 3.60. The highest BCUT2D eigenvalue weighted by molar-refractivity contribution is 7.98. The number of aliphatic hydroxyl groups is 1. The fraction of sp³-hybridized carbons (Fsp3) is 0.312. The van der Waals surface area contributed by atoms with E-state index in [9.17, 15) is 14.7 Å². The van der Waals surface area contributed by atoms with Crippen molar-refractivity contribution in [2.45, 2.75) is 24.5 Å². The molecule has 2 aromatic rings. The number of carbonyl (C=O) groups is 2. The molecule has 9 heteroatoms. The van der Waals surface area contributed by atoms with Crippen LogP contribution in [0.5, 0.6) is 0 Å². The van der Waals surface area contributed by atoms with Crippen LogP contribution in [0.3, 0.4) is 0 Å². The summed E-state index contributed by atoms with van der Waals surface area (Å²) in [6, 6.07) is 7.10. The molecule has 7 nitrogen and oxygen atoms in total. The monoisotopic (exact) mass is 380 g/mol. The first-order valence-electron chi connectivity index (χ1n) is 7.67. The van der Waals surface area contributed by atoms with Crippen LogP contribution in [-0.4, -0.2) is 39.4 Å². The number of nitrogens with zero attached hydrogens (tertiary/aromatic N) is 2. The van der Waals surface area contributed by atoms with Crippen molar-refractivity contribution in [3.8, 4) is 5.69 Å². The number of carbonyl (C=O) groups excluding carboxylic acids is 2. The molecule has 0 saturated carbocycles. The lowest BCUT2D eigenvalue weighted by molar-refractivity contribution is -0.136. The molecule has 0 unspecified atom stereocenters. The summed E-state index contributed by atoms with van der Waals surface area (Å²) >= 11 is 7.74. The van der Waals surface area contributed by atoms with E-state index in [-0.39, 0.29) is 6.54 Å². The molecule has 1 atom stereocenters. The van der Waals surface area contributed by atoms with Crippen molar-refractivity contribution in [3.63, 3.8) is 0 Å². The maximum atomic E-state index is 12.2. The van der Waals surface area contributed by atoms with Crippen molar-refractivity contribution >= 4 is 41.0 Å². The molecule has 3 rings (SSSR count). The van der Waals surface area contributed by atoms with Gasteiger partial charge < -0.3 is 15.7 Å². The maximum absolute atomic E-state index is 12.2. The molecular formula is C16H17ClN4O3S. The van der Waals surface area contributed by atoms with Crippen molar-refractivity contribution in [2.24, 2.45) is 0 Å². The average Bonchev–Trinajstić information content (AvgIpc) is 3.15. The van der Waals surface area contributed by atoms with Crippen LogP contribution in [0.4, 0.5) is 5.82 Å². The van der Waals surface area contributed by atoms with Gasteiger partial charge in [-0.1, -0.05) is 17.7 Å². The minimum absolute atomic E-state index is 0.00771. The third kappa shape index (κ3) is 3.97. The van der Waals surface area contributed by atoms with E-state index in [1.54, 1.807) is 34.6 Å². The SMILES string of the molecule is C[C@@H](O)CNC(=O)C(=O)Nc1c2c(nn1-c1cccc(Cl)c1)CSC2. The second kappa shape index (κ2) is 7.47. The van der Waals surface area contributed by atoms with E-state index in [1.165, 1.54) is 6.92 Å². The van der Waals surface area contributed by atoms with E-state index >= 15 is 0 Å². The van der Waals surface area contributed by atoms with Crippen LogP contribution in [0.1, 0.15) is 18.2 Å². The molecule has 0 bridgehead atoms. The van der Waals surface area contributed by atoms with Gasteiger partial charge in [-0.3, -0.25) is 9.59 Å². The van der Waals surface area contributed by atoms with Gasteiger partial charge in [0.25, 0.3) is 0 Å². The molecule has 2 amide bonds. The summed E-state index contributed by atoms with van der Waals surface area (Å²) in [7, 11) is 0. The number of hydrogen-bond acceptors (Lipinski definition) is 5. The van der Waals surface area contributed by atoms with Crippen LogP contribution < -0.4 is 10.6 Å². The van der Waals surface area contributed by atoms with Crippen LogP contribution in [-0.2, 0) is 21.1 Å². The standard InChI is InChI=1S/C16H17ClN4O3S/c1-9(22)6-18-15(23)16(24)19-14-12-7-25-8-13(12)20-21(14)11-4-2-3-10(17)5-11/h2-5,9,22H,6-8H2,1H3,(H,18,23)(H,19,24)/t9-/m1/s1. The Kier molecular flexibility index (Phi) is 5.31. The van der Waals surface area contributed by atoms with Gasteiger partial charge in [0.15, 0.2) is 0 Å². The molecule has 1 aromatic heterocycles. The minimum atomic E-state index is -0.806. The summed E-state index contributed by atoms with van der Waals surface area (Å²) in [4.78, 5) is 24.1. The van der Waals surface area contributed by atoms with Crippen molar-refractivity contribution in [2.75, 3.05) is 11.9 Å². The number of benzene rings is 1. The molecule has 0 fully saturated rings. The number of amides is 2. The zero-order valence-corrected chi connectivity index (χ0v) is 15.0. The molecule has 1 aliphatic heterocycles. The number of fused-ring (bicyclic) bond motifs is 1. The minimum Gasteiger partial charge on any atom is -0.392 e. The van der Waals surface area contributed by atoms with Gasteiger partial charge in [0, 0.05) is 28.6 Å². The Labute approximate surface area is 153 Å². The van der Waals surface area contributed by atoms with Crippen LogP contribution in [0, 0.1) is 0 Å². The second-order valence-electron chi connectivity index (χ2n) is 5.67. The third-order valence-corrected chi connectivity index (χ3v) is 4.81. The van der Waals surface area contributed by atoms with E-state index in [0.29, 0.717) is 22.3 Å². The number of nitrogens with one attached hydrogen (secondary N) is 2. The van der Waals surface area contributed by atoms with Crippen molar-refractivity contribution in [1.29, 1.82) is 0 Å². The van der Waals surface area contributed by atoms with Gasteiger partial charge in [-0.15, -0.1) is 0 Å². The van der Waals surface area contributed by atoms with E-state index in [0.717, 1.165) is 17.0 Å². The predicted molar refractivity (Wildman–Crippen MR) is 96.9 cm³/mol. The largest absolute Gasteiger partial charge is 0.392 e. The summed E-state index contributed by atoms with van der Waals surface area (Å²) in [5.41, 5.74) is 2.48. The summed E-state index contributed by atoms with van der Waals surface area (Å²) in [6.07, 6.45) is -0.727. The zero-order chi connectivity index (χ0) is 18.0. The van der Waals surface area contributed by atoms with Gasteiger partial charge in [-0.2, -0.15) is 16.9 Å². The lowest BCUT2D eigenvalue weighted by atomic mass is 10.2. The number of anilines is 1. The van der Waals surface area contributed by atoms with Crippen molar-refractivity contribution in [1.82, 2.24) is 15.1 Å². The Morgan fingerprint density at radius 3 is 2.92 bits per heavy atom. The molecule has 3 N–H and O–H groups in total.